The van der Waals surface area contributed by atoms with Gasteiger partial charge in [-0.05, 0) is 67.4 Å². The first-order chi connectivity index (χ1) is 15.4. The fourth-order valence-electron chi connectivity index (χ4n) is 4.62. The van der Waals surface area contributed by atoms with Crippen LogP contribution < -0.4 is 0 Å². The van der Waals surface area contributed by atoms with E-state index in [1.807, 2.05) is 41.0 Å². The van der Waals surface area contributed by atoms with Gasteiger partial charge in [0.15, 0.2) is 0 Å². The molecular formula is C30H54P2. The van der Waals surface area contributed by atoms with Crippen molar-refractivity contribution < 1.29 is 0 Å². The molecule has 0 heterocycles. The lowest BCUT2D eigenvalue weighted by atomic mass is 9.59. The molecule has 0 nitrogen and oxygen atoms in total. The molecule has 5 unspecified atom stereocenters. The van der Waals surface area contributed by atoms with Gasteiger partial charge in [-0.25, -0.2) is 0 Å². The van der Waals surface area contributed by atoms with Crippen LogP contribution in [0.15, 0.2) is 48.5 Å². The van der Waals surface area contributed by atoms with Crippen molar-refractivity contribution >= 4 is 18.5 Å². The van der Waals surface area contributed by atoms with Crippen molar-refractivity contribution in [3.8, 4) is 0 Å². The maximum Gasteiger partial charge on any atom is -0.00692 e. The summed E-state index contributed by atoms with van der Waals surface area (Å²) in [5.41, 5.74) is 6.07. The number of aryl methyl sites for hydroxylation is 2. The Balaban J connectivity index is 0. The molecule has 0 N–H and O–H groups in total. The summed E-state index contributed by atoms with van der Waals surface area (Å²) in [5, 5.41) is 0. The summed E-state index contributed by atoms with van der Waals surface area (Å²) in [6, 6.07) is 18.6. The topological polar surface area (TPSA) is 0 Å². The van der Waals surface area contributed by atoms with Crippen molar-refractivity contribution in [3.63, 3.8) is 0 Å². The van der Waals surface area contributed by atoms with Crippen LogP contribution in [0.3, 0.4) is 0 Å². The van der Waals surface area contributed by atoms with Crippen LogP contribution in [-0.2, 0) is 5.41 Å². The molecule has 0 saturated heterocycles. The molecule has 0 amide bonds. The van der Waals surface area contributed by atoms with Gasteiger partial charge in [-0.3, -0.25) is 0 Å². The Kier molecular flexibility index (Phi) is 19.6. The van der Waals surface area contributed by atoms with E-state index in [-0.39, 0.29) is 0 Å². The van der Waals surface area contributed by atoms with Crippen LogP contribution in [0.2, 0.25) is 0 Å². The lowest BCUT2D eigenvalue weighted by Crippen LogP contribution is -2.35. The summed E-state index contributed by atoms with van der Waals surface area (Å²) in [4.78, 5) is 0. The molecule has 2 heteroatoms. The highest BCUT2D eigenvalue weighted by molar-refractivity contribution is 7.15. The molecule has 1 aliphatic carbocycles. The minimum Gasteiger partial charge on any atom is -0.141 e. The van der Waals surface area contributed by atoms with E-state index in [1.165, 1.54) is 41.5 Å². The minimum absolute atomic E-state index is 0.300. The lowest BCUT2D eigenvalue weighted by Gasteiger charge is -2.45. The van der Waals surface area contributed by atoms with Crippen LogP contribution >= 0.6 is 18.5 Å². The summed E-state index contributed by atoms with van der Waals surface area (Å²) in [6.07, 6.45) is 3.91. The zero-order valence-electron chi connectivity index (χ0n) is 23.1. The number of rotatable bonds is 3. The second-order valence-corrected chi connectivity index (χ2v) is 8.59. The third-order valence-corrected chi connectivity index (χ3v) is 6.33. The van der Waals surface area contributed by atoms with Crippen LogP contribution in [0.25, 0.3) is 0 Å². The lowest BCUT2D eigenvalue weighted by molar-refractivity contribution is 0.171. The summed E-state index contributed by atoms with van der Waals surface area (Å²) >= 11 is 0. The van der Waals surface area contributed by atoms with Gasteiger partial charge in [0, 0.05) is 0 Å². The van der Waals surface area contributed by atoms with E-state index in [4.69, 9.17) is 0 Å². The van der Waals surface area contributed by atoms with Crippen LogP contribution in [0.5, 0.6) is 0 Å². The fourth-order valence-corrected chi connectivity index (χ4v) is 4.62. The van der Waals surface area contributed by atoms with Gasteiger partial charge in [0.2, 0.25) is 0 Å². The minimum atomic E-state index is 0.300. The Morgan fingerprint density at radius 1 is 0.750 bits per heavy atom. The highest BCUT2D eigenvalue weighted by atomic mass is 31.0. The monoisotopic (exact) mass is 476 g/mol. The van der Waals surface area contributed by atoms with Gasteiger partial charge in [-0.2, -0.15) is 0 Å². The Labute approximate surface area is 207 Å². The number of benzene rings is 2. The molecular weight excluding hydrogens is 422 g/mol. The third kappa shape index (κ3) is 10.1. The van der Waals surface area contributed by atoms with Gasteiger partial charge in [0.1, 0.15) is 0 Å². The molecule has 2 aromatic carbocycles. The van der Waals surface area contributed by atoms with E-state index >= 15 is 0 Å². The predicted octanol–water partition coefficient (Wildman–Crippen LogP) is 9.84. The standard InChI is InChI=1S/C24H32.2C2H6.2CH5P/c1-17(2)22-14-15-24(5,21-12-8-19(4)9-13-21)16-23(22)20-10-6-18(3)7-11-20;4*1-2/h6-13,17,22-23H,14-16H2,1-5H3;2*1-2H3;2*2H2,1H3. The van der Waals surface area contributed by atoms with Crippen molar-refractivity contribution in [2.75, 3.05) is 13.3 Å². The van der Waals surface area contributed by atoms with Crippen molar-refractivity contribution in [2.24, 2.45) is 11.8 Å². The number of hydrogen-bond donors (Lipinski definition) is 0. The first-order valence-electron chi connectivity index (χ1n) is 12.7. The van der Waals surface area contributed by atoms with E-state index in [9.17, 15) is 0 Å². The SMILES string of the molecule is CC.CC.CP.CP.Cc1ccc(C2CC(C)(c3ccc(C)cc3)CCC2C(C)C)cc1. The van der Waals surface area contributed by atoms with Crippen LogP contribution in [0, 0.1) is 25.7 Å². The molecule has 1 aliphatic rings. The average Bonchev–Trinajstić information content (AvgIpc) is 2.85. The van der Waals surface area contributed by atoms with E-state index in [0.29, 0.717) is 11.3 Å². The van der Waals surface area contributed by atoms with Crippen LogP contribution in [0.1, 0.15) is 95.9 Å². The van der Waals surface area contributed by atoms with Gasteiger partial charge in [0.05, 0.1) is 0 Å². The third-order valence-electron chi connectivity index (χ3n) is 6.33. The Morgan fingerprint density at radius 3 is 1.56 bits per heavy atom. The highest BCUT2D eigenvalue weighted by Crippen LogP contribution is 2.50. The van der Waals surface area contributed by atoms with Gasteiger partial charge in [0.25, 0.3) is 0 Å². The predicted molar refractivity (Wildman–Crippen MR) is 159 cm³/mol. The molecule has 0 aliphatic heterocycles. The second kappa shape index (κ2) is 18.7. The molecule has 1 fully saturated rings. The summed E-state index contributed by atoms with van der Waals surface area (Å²) in [7, 11) is 4.83. The van der Waals surface area contributed by atoms with Crippen LogP contribution in [-0.4, -0.2) is 13.3 Å². The molecule has 3 rings (SSSR count). The van der Waals surface area contributed by atoms with Crippen molar-refractivity contribution in [1.29, 1.82) is 0 Å². The Hall–Kier alpha value is -0.700. The van der Waals surface area contributed by atoms with Gasteiger partial charge < -0.3 is 0 Å². The largest absolute Gasteiger partial charge is 0.141 e. The summed E-state index contributed by atoms with van der Waals surface area (Å²) in [6.45, 7) is 23.5. The van der Waals surface area contributed by atoms with Crippen molar-refractivity contribution in [2.45, 2.75) is 92.9 Å². The van der Waals surface area contributed by atoms with E-state index in [2.05, 4.69) is 102 Å². The molecule has 0 radical (unpaired) electrons. The second-order valence-electron chi connectivity index (χ2n) is 8.59. The quantitative estimate of drug-likeness (QED) is 0.387. The van der Waals surface area contributed by atoms with Gasteiger partial charge in [-0.1, -0.05) is 121 Å². The average molecular weight is 477 g/mol. The molecule has 2 aromatic rings. The zero-order chi connectivity index (χ0) is 25.3. The normalized spacial score (nSPS) is 21.3. The molecule has 0 bridgehead atoms. The fraction of sp³-hybridized carbons (Fsp3) is 0.600. The first kappa shape index (κ1) is 33.5. The Bertz CT molecular complexity index is 673. The first-order valence-corrected chi connectivity index (χ1v) is 15.0. The summed E-state index contributed by atoms with van der Waals surface area (Å²) < 4.78 is 0. The summed E-state index contributed by atoms with van der Waals surface area (Å²) in [5.74, 6) is 2.22. The smallest absolute Gasteiger partial charge is 0.00692 e. The van der Waals surface area contributed by atoms with Crippen molar-refractivity contribution in [3.05, 3.63) is 70.8 Å². The molecule has 184 valence electrons. The van der Waals surface area contributed by atoms with E-state index in [0.717, 1.165) is 11.8 Å². The molecule has 0 aromatic heterocycles. The maximum absolute atomic E-state index is 2.48. The van der Waals surface area contributed by atoms with E-state index in [1.54, 1.807) is 0 Å². The zero-order valence-corrected chi connectivity index (χ0v) is 25.4. The molecule has 32 heavy (non-hydrogen) atoms. The molecule has 5 atom stereocenters. The van der Waals surface area contributed by atoms with Gasteiger partial charge >= 0.3 is 0 Å². The van der Waals surface area contributed by atoms with Crippen molar-refractivity contribution in [1.82, 2.24) is 0 Å². The van der Waals surface area contributed by atoms with Gasteiger partial charge in [-0.15, -0.1) is 18.5 Å². The van der Waals surface area contributed by atoms with E-state index < -0.39 is 0 Å². The Morgan fingerprint density at radius 2 is 1.16 bits per heavy atom. The maximum atomic E-state index is 2.48. The number of hydrogen-bond acceptors (Lipinski definition) is 0. The highest BCUT2D eigenvalue weighted by Gasteiger charge is 2.40. The molecule has 0 spiro atoms. The van der Waals surface area contributed by atoms with Crippen LogP contribution in [0.4, 0.5) is 0 Å². The molecule has 1 saturated carbocycles.